The molecule has 1 aliphatic carbocycles. The number of guanidine groups is 1. The van der Waals surface area contributed by atoms with Crippen molar-refractivity contribution < 1.29 is 8.42 Å². The minimum Gasteiger partial charge on any atom is -0.369 e. The van der Waals surface area contributed by atoms with E-state index in [1.54, 1.807) is 13.1 Å². The molecule has 0 spiro atoms. The second-order valence-electron chi connectivity index (χ2n) is 7.40. The normalized spacial score (nSPS) is 26.2. The van der Waals surface area contributed by atoms with E-state index in [-0.39, 0.29) is 17.6 Å². The first-order chi connectivity index (χ1) is 13.7. The molecule has 2 atom stereocenters. The Morgan fingerprint density at radius 3 is 2.83 bits per heavy atom. The number of thiophene rings is 1. The van der Waals surface area contributed by atoms with Crippen LogP contribution in [0.1, 0.15) is 34.6 Å². The first-order valence-electron chi connectivity index (χ1n) is 9.10. The van der Waals surface area contributed by atoms with Crippen molar-refractivity contribution >= 4 is 44.5 Å². The predicted molar refractivity (Wildman–Crippen MR) is 119 cm³/mol. The molecule has 0 bridgehead atoms. The Hall–Kier alpha value is -2.16. The van der Waals surface area contributed by atoms with E-state index >= 15 is 0 Å². The highest BCUT2D eigenvalue weighted by molar-refractivity contribution is 7.89. The van der Waals surface area contributed by atoms with Gasteiger partial charge in [-0.25, -0.2) is 17.7 Å². The molecule has 1 aliphatic heterocycles. The molecular weight excluding hydrogens is 428 g/mol. The predicted octanol–water partition coefficient (Wildman–Crippen LogP) is 3.73. The second kappa shape index (κ2) is 7.27. The highest BCUT2D eigenvalue weighted by Gasteiger charge is 2.42. The number of pyridine rings is 1. The molecule has 2 N–H and O–H groups in total. The van der Waals surface area contributed by atoms with Crippen molar-refractivity contribution in [1.82, 2.24) is 9.29 Å². The van der Waals surface area contributed by atoms with Gasteiger partial charge in [0.1, 0.15) is 5.54 Å². The molecule has 0 saturated heterocycles. The highest BCUT2D eigenvalue weighted by atomic mass is 35.5. The van der Waals surface area contributed by atoms with Crippen LogP contribution in [0.2, 0.25) is 5.02 Å². The summed E-state index contributed by atoms with van der Waals surface area (Å²) in [4.78, 5) is 10.4. The number of allylic oxidation sites excluding steroid dienone is 4. The quantitative estimate of drug-likeness (QED) is 0.774. The van der Waals surface area contributed by atoms with Crippen LogP contribution in [0.5, 0.6) is 0 Å². The molecule has 2 aromatic rings. The van der Waals surface area contributed by atoms with Crippen LogP contribution in [0.3, 0.4) is 0 Å². The lowest BCUT2D eigenvalue weighted by Gasteiger charge is -2.33. The second-order valence-corrected chi connectivity index (χ2v) is 10.9. The van der Waals surface area contributed by atoms with E-state index in [4.69, 9.17) is 17.3 Å². The molecule has 2 aromatic heterocycles. The molecule has 0 radical (unpaired) electrons. The first-order valence-corrected chi connectivity index (χ1v) is 11.9. The number of nitrogens with two attached hydrogens (primary N) is 1. The van der Waals surface area contributed by atoms with Crippen molar-refractivity contribution in [3.8, 4) is 0 Å². The number of halogens is 1. The number of aromatic nitrogens is 1. The summed E-state index contributed by atoms with van der Waals surface area (Å²) in [5.41, 5.74) is 7.10. The fraction of sp³-hybridized carbons (Fsp3) is 0.300. The van der Waals surface area contributed by atoms with Crippen LogP contribution in [-0.4, -0.2) is 36.5 Å². The standard InChI is InChI=1S/C20H21ClN4O2S2/c1-20(12-29(26,27)25(2)19(22)24-20)18-16(21)10-17(28-18)14-7-5-13(6-8-14)15-4-3-9-23-11-15/h3-7,9-11,14H,8,12H2,1-2H3,(H2,22,24)/t14?,20-/m0/s1. The first kappa shape index (κ1) is 20.1. The molecule has 0 amide bonds. The Bertz CT molecular complexity index is 1140. The van der Waals surface area contributed by atoms with Crippen LogP contribution in [-0.2, 0) is 15.6 Å². The van der Waals surface area contributed by atoms with E-state index in [1.165, 1.54) is 18.4 Å². The number of sulfonamides is 1. The molecule has 9 heteroatoms. The Labute approximate surface area is 179 Å². The maximum atomic E-state index is 12.5. The molecule has 152 valence electrons. The van der Waals surface area contributed by atoms with E-state index in [2.05, 4.69) is 28.2 Å². The zero-order chi connectivity index (χ0) is 20.8. The maximum absolute atomic E-state index is 12.5. The third-order valence-electron chi connectivity index (χ3n) is 5.22. The van der Waals surface area contributed by atoms with Gasteiger partial charge in [0.25, 0.3) is 0 Å². The van der Waals surface area contributed by atoms with Gasteiger partial charge in [-0.2, -0.15) is 0 Å². The molecule has 6 nitrogen and oxygen atoms in total. The van der Waals surface area contributed by atoms with Crippen molar-refractivity contribution in [3.63, 3.8) is 0 Å². The smallest absolute Gasteiger partial charge is 0.239 e. The van der Waals surface area contributed by atoms with Crippen LogP contribution >= 0.6 is 22.9 Å². The van der Waals surface area contributed by atoms with E-state index in [0.29, 0.717) is 5.02 Å². The largest absolute Gasteiger partial charge is 0.369 e. The van der Waals surface area contributed by atoms with Gasteiger partial charge >= 0.3 is 0 Å². The number of rotatable bonds is 3. The Morgan fingerprint density at radius 2 is 2.21 bits per heavy atom. The maximum Gasteiger partial charge on any atom is 0.239 e. The van der Waals surface area contributed by atoms with Crippen LogP contribution in [0.4, 0.5) is 0 Å². The fourth-order valence-electron chi connectivity index (χ4n) is 3.58. The third-order valence-corrected chi connectivity index (χ3v) is 9.10. The van der Waals surface area contributed by atoms with Gasteiger partial charge in [0, 0.05) is 30.2 Å². The average molecular weight is 449 g/mol. The van der Waals surface area contributed by atoms with Gasteiger partial charge < -0.3 is 5.73 Å². The summed E-state index contributed by atoms with van der Waals surface area (Å²) < 4.78 is 26.0. The lowest BCUT2D eigenvalue weighted by molar-refractivity contribution is 0.482. The summed E-state index contributed by atoms with van der Waals surface area (Å²) >= 11 is 8.04. The van der Waals surface area contributed by atoms with Gasteiger partial charge in [0.05, 0.1) is 15.7 Å². The monoisotopic (exact) mass is 448 g/mol. The summed E-state index contributed by atoms with van der Waals surface area (Å²) in [6.45, 7) is 1.77. The van der Waals surface area contributed by atoms with E-state index in [0.717, 1.165) is 31.6 Å². The molecule has 2 aliphatic rings. The average Bonchev–Trinajstić information content (AvgIpc) is 3.09. The van der Waals surface area contributed by atoms with Crippen LogP contribution in [0, 0.1) is 0 Å². The van der Waals surface area contributed by atoms with Gasteiger partial charge in [-0.15, -0.1) is 11.3 Å². The minimum atomic E-state index is -3.54. The zero-order valence-electron chi connectivity index (χ0n) is 16.0. The summed E-state index contributed by atoms with van der Waals surface area (Å²) in [5, 5.41) is 0.527. The molecule has 4 rings (SSSR count). The SMILES string of the molecule is CN1C(N)=N[C@](C)(c2sc(C3C=CC(c4cccnc4)=CC3)cc2Cl)CS1(=O)=O. The molecular formula is C20H21ClN4O2S2. The summed E-state index contributed by atoms with van der Waals surface area (Å²) in [6, 6.07) is 5.87. The number of hydrogen-bond acceptors (Lipinski definition) is 6. The van der Waals surface area contributed by atoms with Crippen LogP contribution in [0.25, 0.3) is 5.57 Å². The Morgan fingerprint density at radius 1 is 1.41 bits per heavy atom. The summed E-state index contributed by atoms with van der Waals surface area (Å²) in [7, 11) is -2.13. The van der Waals surface area contributed by atoms with E-state index in [9.17, 15) is 8.42 Å². The van der Waals surface area contributed by atoms with Crippen molar-refractivity contribution in [2.75, 3.05) is 12.8 Å². The van der Waals surface area contributed by atoms with Gasteiger partial charge in [-0.1, -0.05) is 35.9 Å². The van der Waals surface area contributed by atoms with E-state index < -0.39 is 15.6 Å². The molecule has 0 saturated carbocycles. The van der Waals surface area contributed by atoms with Gasteiger partial charge in [0.2, 0.25) is 16.0 Å². The van der Waals surface area contributed by atoms with E-state index in [1.807, 2.05) is 24.4 Å². The zero-order valence-corrected chi connectivity index (χ0v) is 18.4. The van der Waals surface area contributed by atoms with Crippen LogP contribution < -0.4 is 5.73 Å². The molecule has 0 aromatic carbocycles. The van der Waals surface area contributed by atoms with Crippen molar-refractivity contribution in [2.24, 2.45) is 10.7 Å². The van der Waals surface area contributed by atoms with Gasteiger partial charge in [-0.3, -0.25) is 4.98 Å². The highest BCUT2D eigenvalue weighted by Crippen LogP contribution is 2.44. The van der Waals surface area contributed by atoms with Crippen molar-refractivity contribution in [3.05, 3.63) is 69.2 Å². The fourth-order valence-corrected chi connectivity index (χ4v) is 6.85. The Balaban J connectivity index is 1.62. The topological polar surface area (TPSA) is 88.7 Å². The van der Waals surface area contributed by atoms with Crippen molar-refractivity contribution in [1.29, 1.82) is 0 Å². The Kier molecular flexibility index (Phi) is 5.04. The number of nitrogens with zero attached hydrogens (tertiary/aromatic N) is 3. The third kappa shape index (κ3) is 3.72. The number of hydrogen-bond donors (Lipinski definition) is 1. The molecule has 3 heterocycles. The molecule has 0 fully saturated rings. The van der Waals surface area contributed by atoms with Gasteiger partial charge in [-0.05, 0) is 36.6 Å². The van der Waals surface area contributed by atoms with Gasteiger partial charge in [0.15, 0.2) is 0 Å². The van der Waals surface area contributed by atoms with Crippen LogP contribution in [0.15, 0.2) is 53.8 Å². The van der Waals surface area contributed by atoms with Crippen molar-refractivity contribution in [2.45, 2.75) is 24.8 Å². The molecule has 1 unspecified atom stereocenters. The summed E-state index contributed by atoms with van der Waals surface area (Å²) in [5.74, 6) is -0.00606. The number of aliphatic imine (C=N–C) groups is 1. The summed E-state index contributed by atoms with van der Waals surface area (Å²) in [6.07, 6.45) is 10.9. The lowest BCUT2D eigenvalue weighted by Crippen LogP contribution is -2.50. The molecule has 29 heavy (non-hydrogen) atoms. The lowest BCUT2D eigenvalue weighted by atomic mass is 9.92. The minimum absolute atomic E-state index is 0.0219.